The van der Waals surface area contributed by atoms with E-state index in [0.29, 0.717) is 41.5 Å². The van der Waals surface area contributed by atoms with Crippen LogP contribution in [-0.4, -0.2) is 48.4 Å². The molecule has 156 valence electrons. The molecule has 2 heterocycles. The van der Waals surface area contributed by atoms with Crippen molar-refractivity contribution >= 4 is 35.0 Å². The number of hydrogen-bond acceptors (Lipinski definition) is 4. The van der Waals surface area contributed by atoms with E-state index in [1.54, 1.807) is 52.3 Å². The number of anilines is 1. The maximum atomic E-state index is 13.4. The first kappa shape index (κ1) is 20.2. The van der Waals surface area contributed by atoms with E-state index in [-0.39, 0.29) is 24.3 Å². The minimum Gasteiger partial charge on any atom is -0.477 e. The van der Waals surface area contributed by atoms with Crippen LogP contribution in [0.3, 0.4) is 0 Å². The Morgan fingerprint density at radius 1 is 1.03 bits per heavy atom. The van der Waals surface area contributed by atoms with Crippen LogP contribution in [0.2, 0.25) is 5.02 Å². The molecule has 30 heavy (non-hydrogen) atoms. The highest BCUT2D eigenvalue weighted by atomic mass is 35.5. The van der Waals surface area contributed by atoms with Gasteiger partial charge in [-0.05, 0) is 49.2 Å². The molecule has 2 aliphatic heterocycles. The Hall–Kier alpha value is -3.06. The van der Waals surface area contributed by atoms with Gasteiger partial charge in [0.15, 0.2) is 6.10 Å². The normalized spacial score (nSPS) is 20.8. The Labute approximate surface area is 179 Å². The van der Waals surface area contributed by atoms with Crippen molar-refractivity contribution in [3.05, 3.63) is 59.1 Å². The Kier molecular flexibility index (Phi) is 5.63. The van der Waals surface area contributed by atoms with Crippen LogP contribution in [0.5, 0.6) is 5.75 Å². The second-order valence-corrected chi connectivity index (χ2v) is 7.96. The molecule has 1 saturated heterocycles. The summed E-state index contributed by atoms with van der Waals surface area (Å²) in [5.41, 5.74) is 6.59. The fourth-order valence-electron chi connectivity index (χ4n) is 3.95. The van der Waals surface area contributed by atoms with E-state index in [4.69, 9.17) is 22.1 Å². The third-order valence-electron chi connectivity index (χ3n) is 5.51. The van der Waals surface area contributed by atoms with Gasteiger partial charge in [-0.3, -0.25) is 14.4 Å². The highest BCUT2D eigenvalue weighted by molar-refractivity contribution is 6.30. The van der Waals surface area contributed by atoms with Gasteiger partial charge in [-0.1, -0.05) is 23.7 Å². The van der Waals surface area contributed by atoms with Gasteiger partial charge in [0, 0.05) is 23.7 Å². The summed E-state index contributed by atoms with van der Waals surface area (Å²) in [6.07, 6.45) is 0.490. The molecule has 0 bridgehead atoms. The first-order valence-corrected chi connectivity index (χ1v) is 10.2. The molecular formula is C22H22ClN3O4. The Morgan fingerprint density at radius 3 is 2.50 bits per heavy atom. The van der Waals surface area contributed by atoms with Gasteiger partial charge in [0.25, 0.3) is 11.8 Å². The highest BCUT2D eigenvalue weighted by Gasteiger charge is 2.37. The molecule has 3 amide bonds. The number of fused-ring (bicyclic) bond motifs is 1. The zero-order valence-corrected chi connectivity index (χ0v) is 17.0. The van der Waals surface area contributed by atoms with Crippen molar-refractivity contribution in [1.82, 2.24) is 4.90 Å². The number of rotatable bonds is 3. The van der Waals surface area contributed by atoms with Crippen molar-refractivity contribution in [1.29, 1.82) is 0 Å². The molecule has 0 radical (unpaired) electrons. The molecule has 0 spiro atoms. The van der Waals surface area contributed by atoms with Gasteiger partial charge in [0.2, 0.25) is 5.91 Å². The lowest BCUT2D eigenvalue weighted by Crippen LogP contribution is -2.53. The van der Waals surface area contributed by atoms with Crippen molar-refractivity contribution in [3.63, 3.8) is 0 Å². The number of piperidine rings is 1. The van der Waals surface area contributed by atoms with Crippen LogP contribution in [0.15, 0.2) is 48.5 Å². The summed E-state index contributed by atoms with van der Waals surface area (Å²) in [6.45, 7) is 0.975. The number of primary amides is 1. The lowest BCUT2D eigenvalue weighted by atomic mass is 9.95. The molecule has 2 N–H and O–H groups in total. The average molecular weight is 428 g/mol. The third-order valence-corrected chi connectivity index (χ3v) is 5.76. The van der Waals surface area contributed by atoms with Crippen molar-refractivity contribution in [2.24, 2.45) is 11.7 Å². The van der Waals surface area contributed by atoms with Gasteiger partial charge in [-0.25, -0.2) is 0 Å². The largest absolute Gasteiger partial charge is 0.477 e. The zero-order valence-electron chi connectivity index (χ0n) is 16.3. The number of carbonyl (C=O) groups is 3. The summed E-state index contributed by atoms with van der Waals surface area (Å²) in [4.78, 5) is 41.3. The van der Waals surface area contributed by atoms with Gasteiger partial charge < -0.3 is 20.3 Å². The van der Waals surface area contributed by atoms with Crippen molar-refractivity contribution in [3.8, 4) is 5.75 Å². The first-order chi connectivity index (χ1) is 14.4. The fourth-order valence-corrected chi connectivity index (χ4v) is 4.08. The Balaban J connectivity index is 1.53. The lowest BCUT2D eigenvalue weighted by molar-refractivity contribution is -0.126. The topological polar surface area (TPSA) is 92.9 Å². The number of amides is 3. The molecule has 1 fully saturated rings. The Bertz CT molecular complexity index is 979. The van der Waals surface area contributed by atoms with E-state index in [2.05, 4.69) is 0 Å². The van der Waals surface area contributed by atoms with E-state index in [9.17, 15) is 14.4 Å². The molecule has 7 nitrogen and oxygen atoms in total. The second kappa shape index (κ2) is 8.36. The highest BCUT2D eigenvalue weighted by Crippen LogP contribution is 2.35. The molecule has 2 atom stereocenters. The van der Waals surface area contributed by atoms with Crippen LogP contribution in [-0.2, 0) is 9.59 Å². The quantitative estimate of drug-likeness (QED) is 0.814. The smallest absolute Gasteiger partial charge is 0.260 e. The fraction of sp³-hybridized carbons (Fsp3) is 0.318. The summed E-state index contributed by atoms with van der Waals surface area (Å²) in [7, 11) is 0. The maximum absolute atomic E-state index is 13.4. The molecule has 0 unspecified atom stereocenters. The van der Waals surface area contributed by atoms with Gasteiger partial charge in [0.05, 0.1) is 18.2 Å². The Morgan fingerprint density at radius 2 is 1.77 bits per heavy atom. The predicted molar refractivity (Wildman–Crippen MR) is 112 cm³/mol. The van der Waals surface area contributed by atoms with E-state index >= 15 is 0 Å². The van der Waals surface area contributed by atoms with Crippen molar-refractivity contribution < 1.29 is 19.1 Å². The molecule has 0 aromatic heterocycles. The summed E-state index contributed by atoms with van der Waals surface area (Å²) < 4.78 is 5.64. The lowest BCUT2D eigenvalue weighted by Gasteiger charge is -2.38. The summed E-state index contributed by atoms with van der Waals surface area (Å²) in [5, 5.41) is 0.563. The minimum absolute atomic E-state index is 0.0623. The molecule has 2 aliphatic rings. The van der Waals surface area contributed by atoms with E-state index < -0.39 is 12.0 Å². The number of nitrogens with two attached hydrogens (primary N) is 1. The number of ether oxygens (including phenoxy) is 1. The van der Waals surface area contributed by atoms with Crippen LogP contribution in [0, 0.1) is 5.92 Å². The third kappa shape index (κ3) is 3.98. The summed E-state index contributed by atoms with van der Waals surface area (Å²) in [6, 6.07) is 13.8. The minimum atomic E-state index is -0.903. The average Bonchev–Trinajstić information content (AvgIpc) is 2.78. The molecule has 2 aromatic rings. The number of halogens is 1. The number of hydrogen-bond donors (Lipinski definition) is 1. The van der Waals surface area contributed by atoms with Gasteiger partial charge >= 0.3 is 0 Å². The van der Waals surface area contributed by atoms with E-state index in [1.165, 1.54) is 0 Å². The predicted octanol–water partition coefficient (Wildman–Crippen LogP) is 2.47. The number of para-hydroxylation sites is 2. The van der Waals surface area contributed by atoms with Crippen LogP contribution >= 0.6 is 11.6 Å². The summed E-state index contributed by atoms with van der Waals surface area (Å²) >= 11 is 5.91. The van der Waals surface area contributed by atoms with Crippen LogP contribution < -0.4 is 15.4 Å². The number of likely N-dealkylation sites (tertiary alicyclic amines) is 1. The monoisotopic (exact) mass is 427 g/mol. The maximum Gasteiger partial charge on any atom is 0.260 e. The molecule has 0 aliphatic carbocycles. The number of nitrogens with zero attached hydrogens (tertiary/aromatic N) is 2. The van der Waals surface area contributed by atoms with Gasteiger partial charge in [-0.2, -0.15) is 0 Å². The number of carbonyl (C=O) groups excluding carboxylic acids is 3. The zero-order chi connectivity index (χ0) is 21.3. The number of benzene rings is 2. The molecular weight excluding hydrogens is 406 g/mol. The van der Waals surface area contributed by atoms with Crippen molar-refractivity contribution in [2.75, 3.05) is 24.5 Å². The van der Waals surface area contributed by atoms with Gasteiger partial charge in [0.1, 0.15) is 5.75 Å². The van der Waals surface area contributed by atoms with E-state index in [1.807, 2.05) is 6.07 Å². The standard InChI is InChI=1S/C22H22ClN3O4/c23-16-9-7-14(8-10-16)21(28)25-11-3-4-15(12-25)22(29)26-13-19(20(24)27)30-18-6-2-1-5-17(18)26/h1-2,5-10,15,19H,3-4,11-13H2,(H2,24,27)/t15-,19+/m1/s1. The SMILES string of the molecule is NC(=O)[C@@H]1CN(C(=O)[C@@H]2CCCN(C(=O)c3ccc(Cl)cc3)C2)c2ccccc2O1. The van der Waals surface area contributed by atoms with Crippen LogP contribution in [0.1, 0.15) is 23.2 Å². The molecule has 4 rings (SSSR count). The van der Waals surface area contributed by atoms with E-state index in [0.717, 1.165) is 6.42 Å². The van der Waals surface area contributed by atoms with Crippen molar-refractivity contribution in [2.45, 2.75) is 18.9 Å². The molecule has 0 saturated carbocycles. The van der Waals surface area contributed by atoms with Gasteiger partial charge in [-0.15, -0.1) is 0 Å². The molecule has 2 aromatic carbocycles. The first-order valence-electron chi connectivity index (χ1n) is 9.85. The molecule has 8 heteroatoms. The van der Waals surface area contributed by atoms with Crippen LogP contribution in [0.4, 0.5) is 5.69 Å². The van der Waals surface area contributed by atoms with Crippen LogP contribution in [0.25, 0.3) is 0 Å². The summed E-state index contributed by atoms with van der Waals surface area (Å²) in [5.74, 6) is -0.793. The second-order valence-electron chi connectivity index (χ2n) is 7.52.